The molecule has 1 unspecified atom stereocenters. The molecule has 3 N–H and O–H groups in total. The maximum absolute atomic E-state index is 11.6. The van der Waals surface area contributed by atoms with E-state index in [1.165, 1.54) is 0 Å². The van der Waals surface area contributed by atoms with Gasteiger partial charge in [0.15, 0.2) is 0 Å². The summed E-state index contributed by atoms with van der Waals surface area (Å²) in [5.74, 6) is -0.700. The molecule has 2 heterocycles. The first-order valence-electron chi connectivity index (χ1n) is 6.65. The summed E-state index contributed by atoms with van der Waals surface area (Å²) in [6, 6.07) is 0. The van der Waals surface area contributed by atoms with E-state index in [-0.39, 0.29) is 5.95 Å². The molecule has 1 aromatic rings. The minimum atomic E-state index is -0.819. The lowest BCUT2D eigenvalue weighted by Gasteiger charge is -2.18. The molecule has 1 fully saturated rings. The van der Waals surface area contributed by atoms with Crippen molar-refractivity contribution < 1.29 is 19.4 Å². The van der Waals surface area contributed by atoms with Crippen LogP contribution in [-0.2, 0) is 9.53 Å². The molecule has 1 aromatic heterocycles. The van der Waals surface area contributed by atoms with Crippen LogP contribution in [0.15, 0.2) is 0 Å². The first-order valence-corrected chi connectivity index (χ1v) is 6.65. The van der Waals surface area contributed by atoms with Crippen molar-refractivity contribution in [1.82, 2.24) is 15.2 Å². The molecule has 0 spiro atoms. The highest BCUT2D eigenvalue weighted by atomic mass is 16.6. The number of anilines is 2. The lowest BCUT2D eigenvalue weighted by atomic mass is 10.1. The Labute approximate surface area is 121 Å². The Morgan fingerprint density at radius 1 is 1.48 bits per heavy atom. The summed E-state index contributed by atoms with van der Waals surface area (Å²) < 4.78 is 5.10. The molecule has 21 heavy (non-hydrogen) atoms. The summed E-state index contributed by atoms with van der Waals surface area (Å²) in [7, 11) is 0. The number of rotatable bonds is 3. The SMILES string of the molecule is CC(C)(C)OC(=O)Nc1nc(N2CCC(C(=O)O)C2)n[nH]1. The fourth-order valence-corrected chi connectivity index (χ4v) is 1.99. The van der Waals surface area contributed by atoms with Crippen molar-refractivity contribution in [3.63, 3.8) is 0 Å². The Morgan fingerprint density at radius 2 is 2.19 bits per heavy atom. The molecule has 1 aliphatic heterocycles. The van der Waals surface area contributed by atoms with Crippen LogP contribution in [0.1, 0.15) is 27.2 Å². The first-order chi connectivity index (χ1) is 9.74. The van der Waals surface area contributed by atoms with E-state index in [1.54, 1.807) is 25.7 Å². The van der Waals surface area contributed by atoms with Crippen LogP contribution in [0.5, 0.6) is 0 Å². The van der Waals surface area contributed by atoms with Crippen molar-refractivity contribution in [3.8, 4) is 0 Å². The lowest BCUT2D eigenvalue weighted by molar-refractivity contribution is -0.140. The molecule has 9 heteroatoms. The molecule has 1 aliphatic rings. The summed E-state index contributed by atoms with van der Waals surface area (Å²) in [6.45, 7) is 6.21. The topological polar surface area (TPSA) is 120 Å². The minimum absolute atomic E-state index is 0.165. The molecule has 0 radical (unpaired) electrons. The maximum atomic E-state index is 11.6. The van der Waals surface area contributed by atoms with E-state index in [1.807, 2.05) is 0 Å². The van der Waals surface area contributed by atoms with Crippen LogP contribution in [0.3, 0.4) is 0 Å². The predicted molar refractivity (Wildman–Crippen MR) is 74.2 cm³/mol. The van der Waals surface area contributed by atoms with Crippen LogP contribution in [-0.4, -0.2) is 51.0 Å². The largest absolute Gasteiger partial charge is 0.481 e. The Bertz CT molecular complexity index is 536. The van der Waals surface area contributed by atoms with Crippen molar-refractivity contribution in [1.29, 1.82) is 0 Å². The van der Waals surface area contributed by atoms with Gasteiger partial charge in [0.25, 0.3) is 0 Å². The highest BCUT2D eigenvalue weighted by Crippen LogP contribution is 2.21. The molecule has 0 aliphatic carbocycles. The Kier molecular flexibility index (Phi) is 4.01. The number of nitrogens with one attached hydrogen (secondary N) is 2. The number of carboxylic acids is 1. The second kappa shape index (κ2) is 5.58. The third-order valence-electron chi connectivity index (χ3n) is 2.91. The van der Waals surface area contributed by atoms with Gasteiger partial charge in [0.2, 0.25) is 11.9 Å². The fourth-order valence-electron chi connectivity index (χ4n) is 1.99. The molecule has 1 saturated heterocycles. The minimum Gasteiger partial charge on any atom is -0.481 e. The van der Waals surface area contributed by atoms with Gasteiger partial charge >= 0.3 is 12.1 Å². The van der Waals surface area contributed by atoms with Gasteiger partial charge in [-0.25, -0.2) is 9.89 Å². The third kappa shape index (κ3) is 4.07. The van der Waals surface area contributed by atoms with Crippen LogP contribution in [0.25, 0.3) is 0 Å². The molecule has 0 saturated carbocycles. The zero-order valence-electron chi connectivity index (χ0n) is 12.2. The number of nitrogens with zero attached hydrogens (tertiary/aromatic N) is 3. The number of H-pyrrole nitrogens is 1. The number of aromatic amines is 1. The smallest absolute Gasteiger partial charge is 0.414 e. The predicted octanol–water partition coefficient (Wildman–Crippen LogP) is 1.06. The summed E-state index contributed by atoms with van der Waals surface area (Å²) in [5.41, 5.74) is -0.601. The lowest BCUT2D eigenvalue weighted by Crippen LogP contribution is -2.27. The van der Waals surface area contributed by atoms with Crippen LogP contribution in [0.2, 0.25) is 0 Å². The van der Waals surface area contributed by atoms with Crippen molar-refractivity contribution in [2.75, 3.05) is 23.3 Å². The standard InChI is InChI=1S/C12H19N5O4/c1-12(2,3)21-11(20)14-9-13-10(16-15-9)17-5-4-7(6-17)8(18)19/h7H,4-6H2,1-3H3,(H,18,19)(H2,13,14,15,16,20). The van der Waals surface area contributed by atoms with Gasteiger partial charge in [0.05, 0.1) is 5.92 Å². The summed E-state index contributed by atoms with van der Waals surface area (Å²) >= 11 is 0. The van der Waals surface area contributed by atoms with Crippen molar-refractivity contribution in [3.05, 3.63) is 0 Å². The highest BCUT2D eigenvalue weighted by molar-refractivity contribution is 5.82. The fraction of sp³-hybridized carbons (Fsp3) is 0.667. The van der Waals surface area contributed by atoms with Gasteiger partial charge in [-0.05, 0) is 27.2 Å². The quantitative estimate of drug-likeness (QED) is 0.762. The van der Waals surface area contributed by atoms with E-state index in [4.69, 9.17) is 9.84 Å². The van der Waals surface area contributed by atoms with E-state index < -0.39 is 23.6 Å². The summed E-state index contributed by atoms with van der Waals surface area (Å²) in [4.78, 5) is 28.4. The molecule has 1 atom stereocenters. The van der Waals surface area contributed by atoms with Crippen LogP contribution in [0.4, 0.5) is 16.7 Å². The van der Waals surface area contributed by atoms with E-state index >= 15 is 0 Å². The van der Waals surface area contributed by atoms with E-state index in [0.29, 0.717) is 25.5 Å². The normalized spacial score (nSPS) is 18.6. The van der Waals surface area contributed by atoms with Gasteiger partial charge < -0.3 is 14.7 Å². The number of aromatic nitrogens is 3. The van der Waals surface area contributed by atoms with Crippen molar-refractivity contribution in [2.45, 2.75) is 32.8 Å². The number of ether oxygens (including phenoxy) is 1. The maximum Gasteiger partial charge on any atom is 0.414 e. The number of amides is 1. The van der Waals surface area contributed by atoms with Crippen LogP contribution in [0, 0.1) is 5.92 Å². The number of carboxylic acid groups (broad SMARTS) is 1. The molecule has 9 nitrogen and oxygen atoms in total. The second-order valence-corrected chi connectivity index (χ2v) is 5.88. The third-order valence-corrected chi connectivity index (χ3v) is 2.91. The van der Waals surface area contributed by atoms with Gasteiger partial charge in [-0.1, -0.05) is 0 Å². The average molecular weight is 297 g/mol. The molecular weight excluding hydrogens is 278 g/mol. The highest BCUT2D eigenvalue weighted by Gasteiger charge is 2.30. The Hall–Kier alpha value is -2.32. The van der Waals surface area contributed by atoms with E-state index in [9.17, 15) is 9.59 Å². The van der Waals surface area contributed by atoms with E-state index in [0.717, 1.165) is 0 Å². The van der Waals surface area contributed by atoms with Gasteiger partial charge in [0.1, 0.15) is 5.60 Å². The molecule has 1 amide bonds. The summed E-state index contributed by atoms with van der Waals surface area (Å²) in [6.07, 6.45) is -0.0753. The Morgan fingerprint density at radius 3 is 2.76 bits per heavy atom. The molecule has 116 valence electrons. The van der Waals surface area contributed by atoms with Gasteiger partial charge in [-0.3, -0.25) is 10.1 Å². The van der Waals surface area contributed by atoms with Crippen LogP contribution >= 0.6 is 0 Å². The van der Waals surface area contributed by atoms with Gasteiger partial charge in [0, 0.05) is 13.1 Å². The molecule has 0 aromatic carbocycles. The molecular formula is C12H19N5O4. The average Bonchev–Trinajstić information content (AvgIpc) is 2.93. The summed E-state index contributed by atoms with van der Waals surface area (Å²) in [5, 5.41) is 18.0. The molecule has 2 rings (SSSR count). The van der Waals surface area contributed by atoms with E-state index in [2.05, 4.69) is 20.5 Å². The second-order valence-electron chi connectivity index (χ2n) is 5.88. The Balaban J connectivity index is 1.93. The zero-order chi connectivity index (χ0) is 15.6. The number of aliphatic carboxylic acids is 1. The number of carbonyl (C=O) groups is 2. The zero-order valence-corrected chi connectivity index (χ0v) is 12.2. The van der Waals surface area contributed by atoms with Gasteiger partial charge in [-0.15, -0.1) is 5.10 Å². The van der Waals surface area contributed by atoms with Crippen molar-refractivity contribution in [2.24, 2.45) is 5.92 Å². The molecule has 0 bridgehead atoms. The number of hydrogen-bond donors (Lipinski definition) is 3. The van der Waals surface area contributed by atoms with Crippen molar-refractivity contribution >= 4 is 24.0 Å². The first kappa shape index (κ1) is 15.1. The van der Waals surface area contributed by atoms with Crippen LogP contribution < -0.4 is 10.2 Å². The number of carbonyl (C=O) groups excluding carboxylic acids is 1. The monoisotopic (exact) mass is 297 g/mol. The van der Waals surface area contributed by atoms with Gasteiger partial charge in [-0.2, -0.15) is 4.98 Å². The number of hydrogen-bond acceptors (Lipinski definition) is 6.